The highest BCUT2D eigenvalue weighted by Gasteiger charge is 2.20. The van der Waals surface area contributed by atoms with E-state index in [9.17, 15) is 4.39 Å². The molecule has 0 saturated carbocycles. The van der Waals surface area contributed by atoms with Gasteiger partial charge in [-0.25, -0.2) is 4.39 Å². The lowest BCUT2D eigenvalue weighted by atomic mass is 9.92. The quantitative estimate of drug-likeness (QED) is 0.836. The van der Waals surface area contributed by atoms with E-state index < -0.39 is 0 Å². The van der Waals surface area contributed by atoms with Gasteiger partial charge in [-0.2, -0.15) is 0 Å². The molecule has 0 unspecified atom stereocenters. The van der Waals surface area contributed by atoms with Crippen molar-refractivity contribution in [2.45, 2.75) is 33.7 Å². The predicted octanol–water partition coefficient (Wildman–Crippen LogP) is 3.29. The first-order chi connectivity index (χ1) is 8.30. The molecule has 1 aromatic rings. The molecule has 0 saturated heterocycles. The minimum Gasteiger partial charge on any atom is -0.374 e. The number of nitrogens with one attached hydrogen (secondary N) is 1. The van der Waals surface area contributed by atoms with E-state index >= 15 is 0 Å². The third-order valence-corrected chi connectivity index (χ3v) is 2.92. The van der Waals surface area contributed by atoms with Crippen LogP contribution in [0.4, 0.5) is 10.1 Å². The molecule has 102 valence electrons. The fourth-order valence-corrected chi connectivity index (χ4v) is 1.97. The Morgan fingerprint density at radius 2 is 1.78 bits per heavy atom. The van der Waals surface area contributed by atoms with Crippen molar-refractivity contribution >= 4 is 5.69 Å². The van der Waals surface area contributed by atoms with E-state index in [1.54, 1.807) is 0 Å². The standard InChI is InChI=1S/C15H25FN2/c1-12(2)17-10-15(3,4)11-18(5)14-8-6-13(16)7-9-14/h6-9,12,17H,10-11H2,1-5H3. The molecule has 2 nitrogen and oxygen atoms in total. The van der Waals surface area contributed by atoms with Gasteiger partial charge in [0.1, 0.15) is 5.82 Å². The number of hydrogen-bond acceptors (Lipinski definition) is 2. The van der Waals surface area contributed by atoms with Gasteiger partial charge in [0.25, 0.3) is 0 Å². The van der Waals surface area contributed by atoms with Crippen molar-refractivity contribution in [3.8, 4) is 0 Å². The summed E-state index contributed by atoms with van der Waals surface area (Å²) in [6.45, 7) is 10.7. The van der Waals surface area contributed by atoms with Gasteiger partial charge in [-0.05, 0) is 29.7 Å². The van der Waals surface area contributed by atoms with Crippen LogP contribution in [0, 0.1) is 11.2 Å². The molecule has 0 fully saturated rings. The van der Waals surface area contributed by atoms with Gasteiger partial charge in [-0.15, -0.1) is 0 Å². The lowest BCUT2D eigenvalue weighted by Gasteiger charge is -2.32. The number of rotatable bonds is 6. The second-order valence-corrected chi connectivity index (χ2v) is 6.03. The van der Waals surface area contributed by atoms with Crippen LogP contribution in [0.3, 0.4) is 0 Å². The highest BCUT2D eigenvalue weighted by molar-refractivity contribution is 5.45. The zero-order chi connectivity index (χ0) is 13.8. The van der Waals surface area contributed by atoms with E-state index in [0.717, 1.165) is 18.8 Å². The average molecular weight is 252 g/mol. The van der Waals surface area contributed by atoms with Gasteiger partial charge < -0.3 is 10.2 Å². The Kier molecular flexibility index (Phi) is 5.15. The number of nitrogens with zero attached hydrogens (tertiary/aromatic N) is 1. The maximum absolute atomic E-state index is 12.9. The van der Waals surface area contributed by atoms with Gasteiger partial charge in [0.2, 0.25) is 0 Å². The monoisotopic (exact) mass is 252 g/mol. The lowest BCUT2D eigenvalue weighted by molar-refractivity contribution is 0.333. The Morgan fingerprint density at radius 1 is 1.22 bits per heavy atom. The molecule has 1 rings (SSSR count). The lowest BCUT2D eigenvalue weighted by Crippen LogP contribution is -2.41. The predicted molar refractivity (Wildman–Crippen MR) is 76.6 cm³/mol. The molecule has 0 aliphatic carbocycles. The first-order valence-corrected chi connectivity index (χ1v) is 6.50. The van der Waals surface area contributed by atoms with Crippen LogP contribution in [-0.2, 0) is 0 Å². The molecule has 0 atom stereocenters. The first kappa shape index (κ1) is 15.0. The van der Waals surface area contributed by atoms with Crippen LogP contribution in [-0.4, -0.2) is 26.2 Å². The highest BCUT2D eigenvalue weighted by Crippen LogP contribution is 2.20. The molecule has 18 heavy (non-hydrogen) atoms. The van der Waals surface area contributed by atoms with Crippen LogP contribution in [0.2, 0.25) is 0 Å². The Labute approximate surface area is 110 Å². The van der Waals surface area contributed by atoms with E-state index in [4.69, 9.17) is 0 Å². The molecule has 0 radical (unpaired) electrons. The zero-order valence-electron chi connectivity index (χ0n) is 12.1. The van der Waals surface area contributed by atoms with Gasteiger partial charge >= 0.3 is 0 Å². The molecule has 0 aliphatic heterocycles. The largest absolute Gasteiger partial charge is 0.374 e. The first-order valence-electron chi connectivity index (χ1n) is 6.50. The molecule has 0 spiro atoms. The molecule has 3 heteroatoms. The topological polar surface area (TPSA) is 15.3 Å². The SMILES string of the molecule is CC(C)NCC(C)(C)CN(C)c1ccc(F)cc1. The van der Waals surface area contributed by atoms with Gasteiger partial charge in [-0.1, -0.05) is 27.7 Å². The van der Waals surface area contributed by atoms with Crippen LogP contribution in [0.1, 0.15) is 27.7 Å². The number of halogens is 1. The summed E-state index contributed by atoms with van der Waals surface area (Å²) in [5.74, 6) is -0.187. The molecule has 0 amide bonds. The third-order valence-electron chi connectivity index (χ3n) is 2.92. The minimum atomic E-state index is -0.187. The van der Waals surface area contributed by atoms with Crippen LogP contribution < -0.4 is 10.2 Å². The smallest absolute Gasteiger partial charge is 0.123 e. The normalized spacial score (nSPS) is 11.9. The number of anilines is 1. The molecule has 0 aromatic heterocycles. The number of hydrogen-bond donors (Lipinski definition) is 1. The van der Waals surface area contributed by atoms with E-state index in [1.807, 2.05) is 19.2 Å². The highest BCUT2D eigenvalue weighted by atomic mass is 19.1. The fourth-order valence-electron chi connectivity index (χ4n) is 1.97. The summed E-state index contributed by atoms with van der Waals surface area (Å²) >= 11 is 0. The van der Waals surface area contributed by atoms with Gasteiger partial charge in [-0.3, -0.25) is 0 Å². The van der Waals surface area contributed by atoms with E-state index in [2.05, 4.69) is 37.9 Å². The molecular weight excluding hydrogens is 227 g/mol. The second-order valence-electron chi connectivity index (χ2n) is 6.03. The van der Waals surface area contributed by atoms with Crippen molar-refractivity contribution < 1.29 is 4.39 Å². The van der Waals surface area contributed by atoms with Crippen LogP contribution >= 0.6 is 0 Å². The van der Waals surface area contributed by atoms with Gasteiger partial charge in [0.15, 0.2) is 0 Å². The molecule has 1 N–H and O–H groups in total. The number of benzene rings is 1. The van der Waals surface area contributed by atoms with Crippen molar-refractivity contribution in [1.29, 1.82) is 0 Å². The average Bonchev–Trinajstić information content (AvgIpc) is 2.27. The van der Waals surface area contributed by atoms with Crippen LogP contribution in [0.15, 0.2) is 24.3 Å². The Bertz CT molecular complexity index is 357. The maximum atomic E-state index is 12.9. The summed E-state index contributed by atoms with van der Waals surface area (Å²) in [6, 6.07) is 7.15. The van der Waals surface area contributed by atoms with Crippen molar-refractivity contribution in [2.75, 3.05) is 25.0 Å². The summed E-state index contributed by atoms with van der Waals surface area (Å²) in [5, 5.41) is 3.47. The molecule has 0 aliphatic rings. The third kappa shape index (κ3) is 5.05. The molecular formula is C15H25FN2. The van der Waals surface area contributed by atoms with Crippen LogP contribution in [0.25, 0.3) is 0 Å². The second kappa shape index (κ2) is 6.19. The maximum Gasteiger partial charge on any atom is 0.123 e. The summed E-state index contributed by atoms with van der Waals surface area (Å²) in [5.41, 5.74) is 1.22. The molecule has 0 heterocycles. The van der Waals surface area contributed by atoms with E-state index in [-0.39, 0.29) is 11.2 Å². The van der Waals surface area contributed by atoms with Crippen molar-refractivity contribution in [1.82, 2.24) is 5.32 Å². The summed E-state index contributed by atoms with van der Waals surface area (Å²) in [6.07, 6.45) is 0. The Morgan fingerprint density at radius 3 is 2.28 bits per heavy atom. The van der Waals surface area contributed by atoms with E-state index in [1.165, 1.54) is 12.1 Å². The Balaban J connectivity index is 2.57. The summed E-state index contributed by atoms with van der Waals surface area (Å²) in [7, 11) is 2.05. The summed E-state index contributed by atoms with van der Waals surface area (Å²) < 4.78 is 12.9. The molecule has 1 aromatic carbocycles. The van der Waals surface area contributed by atoms with Crippen molar-refractivity contribution in [2.24, 2.45) is 5.41 Å². The van der Waals surface area contributed by atoms with Crippen molar-refractivity contribution in [3.63, 3.8) is 0 Å². The zero-order valence-corrected chi connectivity index (χ0v) is 12.1. The van der Waals surface area contributed by atoms with Gasteiger partial charge in [0.05, 0.1) is 0 Å². The van der Waals surface area contributed by atoms with E-state index in [0.29, 0.717) is 6.04 Å². The fraction of sp³-hybridized carbons (Fsp3) is 0.600. The minimum absolute atomic E-state index is 0.174. The molecule has 0 bridgehead atoms. The van der Waals surface area contributed by atoms with Gasteiger partial charge in [0, 0.05) is 31.9 Å². The Hall–Kier alpha value is -1.09. The summed E-state index contributed by atoms with van der Waals surface area (Å²) in [4.78, 5) is 2.17. The van der Waals surface area contributed by atoms with Crippen molar-refractivity contribution in [3.05, 3.63) is 30.1 Å². The van der Waals surface area contributed by atoms with Crippen LogP contribution in [0.5, 0.6) is 0 Å².